The maximum Gasteiger partial charge on any atom is 0.129 e. The normalized spacial score (nSPS) is 12.7. The Morgan fingerprint density at radius 1 is 1.56 bits per heavy atom. The second kappa shape index (κ2) is 5.38. The Balaban J connectivity index is 2.24. The van der Waals surface area contributed by atoms with Gasteiger partial charge < -0.3 is 5.11 Å². The molecule has 0 saturated heterocycles. The minimum Gasteiger partial charge on any atom is -0.388 e. The number of nitrogens with zero attached hydrogens (tertiary/aromatic N) is 3. The van der Waals surface area contributed by atoms with Crippen LogP contribution in [0.3, 0.4) is 0 Å². The summed E-state index contributed by atoms with van der Waals surface area (Å²) < 4.78 is 2.70. The van der Waals surface area contributed by atoms with Gasteiger partial charge in [-0.1, -0.05) is 11.6 Å². The molecule has 4 nitrogen and oxygen atoms in total. The van der Waals surface area contributed by atoms with Crippen molar-refractivity contribution in [1.29, 1.82) is 0 Å². The van der Waals surface area contributed by atoms with Crippen LogP contribution in [0.15, 0.2) is 22.8 Å². The fourth-order valence-corrected chi connectivity index (χ4v) is 2.51. The van der Waals surface area contributed by atoms with Crippen molar-refractivity contribution in [3.63, 3.8) is 0 Å². The van der Waals surface area contributed by atoms with Crippen LogP contribution in [0, 0.1) is 6.92 Å². The monoisotopic (exact) mass is 329 g/mol. The highest BCUT2D eigenvalue weighted by molar-refractivity contribution is 9.10. The lowest BCUT2D eigenvalue weighted by molar-refractivity contribution is 0.175. The average Bonchev–Trinajstić information content (AvgIpc) is 2.56. The van der Waals surface area contributed by atoms with Gasteiger partial charge in [-0.05, 0) is 40.5 Å². The molecule has 0 aliphatic rings. The SMILES string of the molecule is Cc1nn(C)c(CC(O)c2ccnc(Cl)c2)c1Br. The van der Waals surface area contributed by atoms with Gasteiger partial charge in [-0.25, -0.2) is 4.98 Å². The number of aliphatic hydroxyl groups excluding tert-OH is 1. The number of aliphatic hydroxyl groups is 1. The minimum absolute atomic E-state index is 0.381. The van der Waals surface area contributed by atoms with Crippen LogP contribution < -0.4 is 0 Å². The topological polar surface area (TPSA) is 50.9 Å². The van der Waals surface area contributed by atoms with Crippen molar-refractivity contribution in [2.45, 2.75) is 19.4 Å². The number of aromatic nitrogens is 3. The average molecular weight is 331 g/mol. The van der Waals surface area contributed by atoms with Crippen LogP contribution in [0.5, 0.6) is 0 Å². The first-order valence-corrected chi connectivity index (χ1v) is 6.63. The van der Waals surface area contributed by atoms with Crippen molar-refractivity contribution in [2.24, 2.45) is 7.05 Å². The van der Waals surface area contributed by atoms with Crippen LogP contribution in [-0.2, 0) is 13.5 Å². The van der Waals surface area contributed by atoms with Gasteiger partial charge in [-0.3, -0.25) is 4.68 Å². The minimum atomic E-state index is -0.628. The standard InChI is InChI=1S/C12H13BrClN3O/c1-7-12(13)9(17(2)16-7)6-10(18)8-3-4-15-11(14)5-8/h3-5,10,18H,6H2,1-2H3. The van der Waals surface area contributed by atoms with E-state index in [-0.39, 0.29) is 0 Å². The van der Waals surface area contributed by atoms with E-state index in [1.165, 1.54) is 0 Å². The van der Waals surface area contributed by atoms with Crippen molar-refractivity contribution in [1.82, 2.24) is 14.8 Å². The predicted octanol–water partition coefficient (Wildman–Crippen LogP) is 2.82. The van der Waals surface area contributed by atoms with Gasteiger partial charge in [0.1, 0.15) is 5.15 Å². The lowest BCUT2D eigenvalue weighted by Crippen LogP contribution is -2.07. The molecule has 2 aromatic rings. The Hall–Kier alpha value is -0.910. The molecule has 1 atom stereocenters. The molecule has 0 fully saturated rings. The van der Waals surface area contributed by atoms with Crippen LogP contribution in [-0.4, -0.2) is 19.9 Å². The highest BCUT2D eigenvalue weighted by Gasteiger charge is 2.16. The van der Waals surface area contributed by atoms with Gasteiger partial charge >= 0.3 is 0 Å². The second-order valence-corrected chi connectivity index (χ2v) is 5.28. The Morgan fingerprint density at radius 2 is 2.28 bits per heavy atom. The number of pyridine rings is 1. The summed E-state index contributed by atoms with van der Waals surface area (Å²) in [6, 6.07) is 3.43. The van der Waals surface area contributed by atoms with Crippen molar-refractivity contribution >= 4 is 27.5 Å². The van der Waals surface area contributed by atoms with Crippen LogP contribution in [0.2, 0.25) is 5.15 Å². The summed E-state index contributed by atoms with van der Waals surface area (Å²) in [6.07, 6.45) is 1.43. The molecular weight excluding hydrogens is 318 g/mol. The number of aryl methyl sites for hydroxylation is 2. The van der Waals surface area contributed by atoms with Gasteiger partial charge in [0.2, 0.25) is 0 Å². The highest BCUT2D eigenvalue weighted by Crippen LogP contribution is 2.26. The zero-order valence-corrected chi connectivity index (χ0v) is 12.4. The first kappa shape index (κ1) is 13.5. The molecule has 1 N–H and O–H groups in total. The van der Waals surface area contributed by atoms with Crippen LogP contribution in [0.25, 0.3) is 0 Å². The molecule has 0 bridgehead atoms. The van der Waals surface area contributed by atoms with Gasteiger partial charge in [0.25, 0.3) is 0 Å². The van der Waals surface area contributed by atoms with Gasteiger partial charge in [0.15, 0.2) is 0 Å². The van der Waals surface area contributed by atoms with E-state index in [4.69, 9.17) is 11.6 Å². The Bertz CT molecular complexity index is 570. The predicted molar refractivity (Wildman–Crippen MR) is 73.6 cm³/mol. The third-order valence-corrected chi connectivity index (χ3v) is 4.02. The first-order valence-electron chi connectivity index (χ1n) is 5.46. The quantitative estimate of drug-likeness (QED) is 0.881. The number of halogens is 2. The highest BCUT2D eigenvalue weighted by atomic mass is 79.9. The molecule has 2 rings (SSSR count). The summed E-state index contributed by atoms with van der Waals surface area (Å²) in [5.74, 6) is 0. The third-order valence-electron chi connectivity index (χ3n) is 2.78. The molecule has 0 spiro atoms. The summed E-state index contributed by atoms with van der Waals surface area (Å²) in [6.45, 7) is 1.92. The Labute approximate surface area is 119 Å². The van der Waals surface area contributed by atoms with Crippen molar-refractivity contribution in [3.05, 3.63) is 44.9 Å². The molecule has 0 amide bonds. The largest absolute Gasteiger partial charge is 0.388 e. The molecule has 0 radical (unpaired) electrons. The lowest BCUT2D eigenvalue weighted by Gasteiger charge is -2.11. The van der Waals surface area contributed by atoms with E-state index in [0.717, 1.165) is 21.4 Å². The lowest BCUT2D eigenvalue weighted by atomic mass is 10.1. The van der Waals surface area contributed by atoms with Crippen LogP contribution in [0.4, 0.5) is 0 Å². The van der Waals surface area contributed by atoms with E-state index < -0.39 is 6.10 Å². The second-order valence-electron chi connectivity index (χ2n) is 4.10. The molecule has 2 heterocycles. The van der Waals surface area contributed by atoms with E-state index in [1.54, 1.807) is 23.0 Å². The molecule has 1 unspecified atom stereocenters. The zero-order valence-electron chi connectivity index (χ0n) is 10.1. The molecule has 18 heavy (non-hydrogen) atoms. The van der Waals surface area contributed by atoms with Gasteiger partial charge in [-0.2, -0.15) is 5.10 Å². The number of rotatable bonds is 3. The smallest absolute Gasteiger partial charge is 0.129 e. The molecule has 6 heteroatoms. The van der Waals surface area contributed by atoms with E-state index in [9.17, 15) is 5.11 Å². The fourth-order valence-electron chi connectivity index (χ4n) is 1.83. The molecule has 0 aromatic carbocycles. The molecular formula is C12H13BrClN3O. The van der Waals surface area contributed by atoms with Gasteiger partial charge in [-0.15, -0.1) is 0 Å². The summed E-state index contributed by atoms with van der Waals surface area (Å²) >= 11 is 9.29. The summed E-state index contributed by atoms with van der Waals surface area (Å²) in [5, 5.41) is 14.9. The Morgan fingerprint density at radius 3 is 2.83 bits per heavy atom. The van der Waals surface area contributed by atoms with E-state index in [1.807, 2.05) is 14.0 Å². The van der Waals surface area contributed by atoms with Crippen molar-refractivity contribution in [2.75, 3.05) is 0 Å². The van der Waals surface area contributed by atoms with Crippen LogP contribution in [0.1, 0.15) is 23.1 Å². The molecule has 0 saturated carbocycles. The molecule has 2 aromatic heterocycles. The van der Waals surface area contributed by atoms with E-state index in [2.05, 4.69) is 26.0 Å². The third kappa shape index (κ3) is 2.74. The van der Waals surface area contributed by atoms with E-state index in [0.29, 0.717) is 11.6 Å². The van der Waals surface area contributed by atoms with Crippen molar-refractivity contribution < 1.29 is 5.11 Å². The summed E-state index contributed by atoms with van der Waals surface area (Å²) in [5.41, 5.74) is 2.61. The Kier molecular flexibility index (Phi) is 4.04. The van der Waals surface area contributed by atoms with Crippen LogP contribution >= 0.6 is 27.5 Å². The van der Waals surface area contributed by atoms with Crippen molar-refractivity contribution in [3.8, 4) is 0 Å². The molecule has 96 valence electrons. The maximum absolute atomic E-state index is 10.2. The number of hydrogen-bond donors (Lipinski definition) is 1. The first-order chi connectivity index (χ1) is 8.49. The number of hydrogen-bond acceptors (Lipinski definition) is 3. The summed E-state index contributed by atoms with van der Waals surface area (Å²) in [7, 11) is 1.86. The zero-order chi connectivity index (χ0) is 13.3. The maximum atomic E-state index is 10.2. The molecule has 0 aliphatic heterocycles. The van der Waals surface area contributed by atoms with E-state index >= 15 is 0 Å². The van der Waals surface area contributed by atoms with Gasteiger partial charge in [0, 0.05) is 19.7 Å². The summed E-state index contributed by atoms with van der Waals surface area (Å²) in [4.78, 5) is 3.90. The fraction of sp³-hybridized carbons (Fsp3) is 0.333. The van der Waals surface area contributed by atoms with Gasteiger partial charge in [0.05, 0.1) is 22.0 Å². The molecule has 0 aliphatic carbocycles.